The molecule has 0 saturated heterocycles. The highest BCUT2D eigenvalue weighted by Crippen LogP contribution is 2.58. The van der Waals surface area contributed by atoms with E-state index in [2.05, 4.69) is 0 Å². The summed E-state index contributed by atoms with van der Waals surface area (Å²) in [6, 6.07) is 0. The molecule has 0 aromatic heterocycles. The summed E-state index contributed by atoms with van der Waals surface area (Å²) in [4.78, 5) is 11.4. The first-order valence-electron chi connectivity index (χ1n) is 6.90. The van der Waals surface area contributed by atoms with Gasteiger partial charge < -0.3 is 9.84 Å². The molecule has 17 heavy (non-hydrogen) atoms. The number of carboxylic acid groups (broad SMARTS) is 1. The predicted molar refractivity (Wildman–Crippen MR) is 63.5 cm³/mol. The molecular formula is C14H22O3. The predicted octanol–water partition coefficient (Wildman–Crippen LogP) is 2.41. The van der Waals surface area contributed by atoms with Crippen LogP contribution in [0, 0.1) is 35.5 Å². The van der Waals surface area contributed by atoms with Gasteiger partial charge in [-0.05, 0) is 61.7 Å². The van der Waals surface area contributed by atoms with Crippen molar-refractivity contribution < 1.29 is 14.6 Å². The van der Waals surface area contributed by atoms with Gasteiger partial charge in [-0.1, -0.05) is 0 Å². The van der Waals surface area contributed by atoms with Gasteiger partial charge in [0.2, 0.25) is 0 Å². The van der Waals surface area contributed by atoms with Crippen molar-refractivity contribution in [2.75, 3.05) is 13.7 Å². The minimum absolute atomic E-state index is 0.269. The monoisotopic (exact) mass is 238 g/mol. The Hall–Kier alpha value is -0.570. The second kappa shape index (κ2) is 4.27. The molecule has 0 aliphatic heterocycles. The molecule has 0 spiro atoms. The number of aliphatic carboxylic acids is 1. The van der Waals surface area contributed by atoms with Crippen molar-refractivity contribution in [1.29, 1.82) is 0 Å². The van der Waals surface area contributed by atoms with E-state index in [-0.39, 0.29) is 5.92 Å². The lowest BCUT2D eigenvalue weighted by Crippen LogP contribution is -2.50. The van der Waals surface area contributed by atoms with Gasteiger partial charge in [0.15, 0.2) is 0 Å². The minimum atomic E-state index is -0.649. The van der Waals surface area contributed by atoms with E-state index in [4.69, 9.17) is 4.74 Å². The smallest absolute Gasteiger partial charge is 0.309 e. The fraction of sp³-hybridized carbons (Fsp3) is 0.929. The van der Waals surface area contributed by atoms with E-state index < -0.39 is 5.97 Å². The van der Waals surface area contributed by atoms with Gasteiger partial charge in [0.1, 0.15) is 0 Å². The first-order chi connectivity index (χ1) is 8.19. The number of hydrogen-bond donors (Lipinski definition) is 1. The Labute approximate surface area is 103 Å². The number of carboxylic acids is 1. The second-order valence-corrected chi connectivity index (χ2v) is 6.41. The molecule has 4 rings (SSSR count). The summed E-state index contributed by atoms with van der Waals surface area (Å²) in [6.45, 7) is 0.391. The van der Waals surface area contributed by atoms with E-state index in [1.165, 1.54) is 32.1 Å². The van der Waals surface area contributed by atoms with Gasteiger partial charge in [-0.2, -0.15) is 0 Å². The zero-order valence-electron chi connectivity index (χ0n) is 10.5. The highest BCUT2D eigenvalue weighted by atomic mass is 16.5. The average Bonchev–Trinajstić information content (AvgIpc) is 2.26. The molecule has 0 heterocycles. The van der Waals surface area contributed by atoms with Crippen LogP contribution in [0.3, 0.4) is 0 Å². The van der Waals surface area contributed by atoms with E-state index >= 15 is 0 Å². The number of rotatable bonds is 4. The van der Waals surface area contributed by atoms with Crippen LogP contribution < -0.4 is 0 Å². The van der Waals surface area contributed by atoms with Crippen molar-refractivity contribution in [2.45, 2.75) is 32.1 Å². The number of hydrogen-bond acceptors (Lipinski definition) is 2. The lowest BCUT2D eigenvalue weighted by molar-refractivity contribution is -0.154. The van der Waals surface area contributed by atoms with Crippen LogP contribution in [0.15, 0.2) is 0 Å². The van der Waals surface area contributed by atoms with E-state index in [1.807, 2.05) is 0 Å². The highest BCUT2D eigenvalue weighted by molar-refractivity contribution is 5.70. The standard InChI is InChI=1S/C14H22O3/c1-17-7-12(14(15)16)13-10-3-8-2-9(5-10)6-11(13)4-8/h8-13H,2-7H2,1H3,(H,15,16). The molecule has 96 valence electrons. The SMILES string of the molecule is COCC(C(=O)O)C1C2CC3CC(C2)CC1C3. The maximum atomic E-state index is 11.4. The third-order valence-electron chi connectivity index (χ3n) is 5.43. The third kappa shape index (κ3) is 1.88. The molecule has 4 aliphatic rings. The van der Waals surface area contributed by atoms with E-state index in [0.29, 0.717) is 24.4 Å². The van der Waals surface area contributed by atoms with Gasteiger partial charge in [0.05, 0.1) is 12.5 Å². The van der Waals surface area contributed by atoms with Gasteiger partial charge >= 0.3 is 5.97 Å². The Morgan fingerprint density at radius 2 is 1.71 bits per heavy atom. The van der Waals surface area contributed by atoms with Crippen molar-refractivity contribution >= 4 is 5.97 Å². The Morgan fingerprint density at radius 1 is 1.18 bits per heavy atom. The van der Waals surface area contributed by atoms with Gasteiger partial charge in [-0.25, -0.2) is 0 Å². The average molecular weight is 238 g/mol. The number of ether oxygens (including phenoxy) is 1. The molecule has 1 unspecified atom stereocenters. The molecule has 3 nitrogen and oxygen atoms in total. The second-order valence-electron chi connectivity index (χ2n) is 6.41. The molecule has 3 heteroatoms. The normalized spacial score (nSPS) is 44.9. The maximum Gasteiger partial charge on any atom is 0.309 e. The van der Waals surface area contributed by atoms with Crippen molar-refractivity contribution in [2.24, 2.45) is 35.5 Å². The fourth-order valence-corrected chi connectivity index (χ4v) is 5.15. The van der Waals surface area contributed by atoms with Crippen LogP contribution in [0.4, 0.5) is 0 Å². The van der Waals surface area contributed by atoms with Crippen LogP contribution in [-0.2, 0) is 9.53 Å². The van der Waals surface area contributed by atoms with Gasteiger partial charge in [0.25, 0.3) is 0 Å². The Bertz CT molecular complexity index is 285. The summed E-state index contributed by atoms with van der Waals surface area (Å²) in [7, 11) is 1.62. The molecule has 0 amide bonds. The first-order valence-corrected chi connectivity index (χ1v) is 6.90. The van der Waals surface area contributed by atoms with E-state index in [1.54, 1.807) is 7.11 Å². The molecule has 4 saturated carbocycles. The lowest BCUT2D eigenvalue weighted by Gasteiger charge is -2.55. The van der Waals surface area contributed by atoms with E-state index in [0.717, 1.165) is 11.8 Å². The summed E-state index contributed by atoms with van der Waals surface area (Å²) in [6.07, 6.45) is 6.55. The third-order valence-corrected chi connectivity index (χ3v) is 5.43. The molecular weight excluding hydrogens is 216 g/mol. The first kappa shape index (κ1) is 11.5. The zero-order chi connectivity index (χ0) is 12.0. The van der Waals surface area contributed by atoms with Crippen molar-refractivity contribution in [3.8, 4) is 0 Å². The number of methoxy groups -OCH3 is 1. The van der Waals surface area contributed by atoms with Gasteiger partial charge in [-0.15, -0.1) is 0 Å². The number of carbonyl (C=O) groups is 1. The molecule has 4 bridgehead atoms. The molecule has 4 aliphatic carbocycles. The van der Waals surface area contributed by atoms with E-state index in [9.17, 15) is 9.90 Å². The van der Waals surface area contributed by atoms with Crippen LogP contribution in [0.1, 0.15) is 32.1 Å². The highest BCUT2D eigenvalue weighted by Gasteiger charge is 2.51. The Morgan fingerprint density at radius 3 is 2.12 bits per heavy atom. The maximum absolute atomic E-state index is 11.4. The molecule has 0 aromatic carbocycles. The summed E-state index contributed by atoms with van der Waals surface area (Å²) in [5.41, 5.74) is 0. The van der Waals surface area contributed by atoms with Crippen molar-refractivity contribution in [1.82, 2.24) is 0 Å². The molecule has 1 N–H and O–H groups in total. The van der Waals surface area contributed by atoms with Crippen LogP contribution in [0.2, 0.25) is 0 Å². The van der Waals surface area contributed by atoms with Gasteiger partial charge in [0, 0.05) is 7.11 Å². The quantitative estimate of drug-likeness (QED) is 0.818. The Balaban J connectivity index is 1.80. The van der Waals surface area contributed by atoms with Crippen LogP contribution in [-0.4, -0.2) is 24.8 Å². The van der Waals surface area contributed by atoms with Crippen molar-refractivity contribution in [3.05, 3.63) is 0 Å². The van der Waals surface area contributed by atoms with Crippen molar-refractivity contribution in [3.63, 3.8) is 0 Å². The Kier molecular flexibility index (Phi) is 2.89. The largest absolute Gasteiger partial charge is 0.481 e. The van der Waals surface area contributed by atoms with Crippen LogP contribution in [0.5, 0.6) is 0 Å². The summed E-state index contributed by atoms with van der Waals surface area (Å²) >= 11 is 0. The zero-order valence-corrected chi connectivity index (χ0v) is 10.5. The molecule has 1 atom stereocenters. The minimum Gasteiger partial charge on any atom is -0.481 e. The summed E-state index contributed by atoms with van der Waals surface area (Å²) < 4.78 is 5.14. The lowest BCUT2D eigenvalue weighted by atomic mass is 9.49. The molecule has 0 aromatic rings. The summed E-state index contributed by atoms with van der Waals surface area (Å²) in [5.74, 6) is 2.63. The summed E-state index contributed by atoms with van der Waals surface area (Å²) in [5, 5.41) is 9.41. The molecule has 4 fully saturated rings. The van der Waals surface area contributed by atoms with Crippen LogP contribution >= 0.6 is 0 Å². The topological polar surface area (TPSA) is 46.5 Å². The fourth-order valence-electron chi connectivity index (χ4n) is 5.15. The molecule has 0 radical (unpaired) electrons. The van der Waals surface area contributed by atoms with Gasteiger partial charge in [-0.3, -0.25) is 4.79 Å². The van der Waals surface area contributed by atoms with Crippen LogP contribution in [0.25, 0.3) is 0 Å².